The Hall–Kier alpha value is -0.320. The van der Waals surface area contributed by atoms with Gasteiger partial charge in [0.1, 0.15) is 12.2 Å². The van der Waals surface area contributed by atoms with E-state index in [0.717, 1.165) is 19.6 Å². The molecule has 1 fully saturated rings. The number of piperidine rings is 1. The van der Waals surface area contributed by atoms with Crippen LogP contribution in [0.5, 0.6) is 0 Å². The summed E-state index contributed by atoms with van der Waals surface area (Å²) in [6.07, 6.45) is 4.22. The van der Waals surface area contributed by atoms with Crippen LogP contribution in [-0.2, 0) is 6.54 Å². The lowest BCUT2D eigenvalue weighted by Crippen LogP contribution is -2.28. The molecule has 2 heterocycles. The van der Waals surface area contributed by atoms with Gasteiger partial charge in [-0.25, -0.2) is 0 Å². The molecule has 1 N–H and O–H groups in total. The van der Waals surface area contributed by atoms with E-state index in [-0.39, 0.29) is 24.8 Å². The summed E-state index contributed by atoms with van der Waals surface area (Å²) >= 11 is 0. The fourth-order valence-electron chi connectivity index (χ4n) is 1.90. The highest BCUT2D eigenvalue weighted by Crippen LogP contribution is 2.22. The topological polar surface area (TPSA) is 42.7 Å². The first-order valence-corrected chi connectivity index (χ1v) is 5.00. The van der Waals surface area contributed by atoms with E-state index in [1.165, 1.54) is 18.7 Å². The van der Waals surface area contributed by atoms with E-state index in [1.54, 1.807) is 0 Å². The Morgan fingerprint density at radius 1 is 1.40 bits per heavy atom. The number of hydrogen-bond acceptors (Lipinski definition) is 3. The predicted octanol–water partition coefficient (Wildman–Crippen LogP) is 1.61. The van der Waals surface area contributed by atoms with Gasteiger partial charge in [-0.05, 0) is 32.9 Å². The summed E-state index contributed by atoms with van der Waals surface area (Å²) in [5, 5.41) is 11.5. The molecule has 1 aromatic heterocycles. The van der Waals surface area contributed by atoms with Gasteiger partial charge < -0.3 is 9.88 Å². The number of aromatic nitrogens is 3. The lowest BCUT2D eigenvalue weighted by Gasteiger charge is -2.21. The maximum atomic E-state index is 4.20. The molecule has 0 bridgehead atoms. The third-order valence-electron chi connectivity index (χ3n) is 2.69. The van der Waals surface area contributed by atoms with Gasteiger partial charge in [0.15, 0.2) is 0 Å². The van der Waals surface area contributed by atoms with Crippen LogP contribution >= 0.6 is 24.8 Å². The van der Waals surface area contributed by atoms with Crippen molar-refractivity contribution in [3.63, 3.8) is 0 Å². The van der Waals surface area contributed by atoms with Gasteiger partial charge in [-0.1, -0.05) is 0 Å². The van der Waals surface area contributed by atoms with Gasteiger partial charge in [0.05, 0.1) is 0 Å². The largest absolute Gasteiger partial charge is 0.318 e. The van der Waals surface area contributed by atoms with Gasteiger partial charge in [-0.15, -0.1) is 35.0 Å². The summed E-state index contributed by atoms with van der Waals surface area (Å²) in [7, 11) is 0. The molecule has 0 aliphatic carbocycles. The van der Waals surface area contributed by atoms with Crippen LogP contribution in [0.4, 0.5) is 0 Å². The molecule has 4 nitrogen and oxygen atoms in total. The Balaban J connectivity index is 0.000000980. The van der Waals surface area contributed by atoms with Gasteiger partial charge in [0.2, 0.25) is 0 Å². The zero-order valence-electron chi connectivity index (χ0n) is 8.85. The van der Waals surface area contributed by atoms with Crippen LogP contribution in [0.3, 0.4) is 0 Å². The fraction of sp³-hybridized carbons (Fsp3) is 0.778. The van der Waals surface area contributed by atoms with Gasteiger partial charge >= 0.3 is 0 Å². The number of nitrogens with one attached hydrogen (secondary N) is 1. The quantitative estimate of drug-likeness (QED) is 0.870. The Morgan fingerprint density at radius 3 is 2.67 bits per heavy atom. The Kier molecular flexibility index (Phi) is 6.89. The first-order valence-electron chi connectivity index (χ1n) is 5.00. The summed E-state index contributed by atoms with van der Waals surface area (Å²) in [5.41, 5.74) is 0. The van der Waals surface area contributed by atoms with Gasteiger partial charge in [-0.3, -0.25) is 0 Å². The van der Waals surface area contributed by atoms with Crippen molar-refractivity contribution in [2.45, 2.75) is 32.2 Å². The number of halogens is 2. The molecule has 0 unspecified atom stereocenters. The van der Waals surface area contributed by atoms with Crippen molar-refractivity contribution >= 4 is 24.8 Å². The average Bonchev–Trinajstić information content (AvgIpc) is 2.67. The van der Waals surface area contributed by atoms with Crippen molar-refractivity contribution in [1.29, 1.82) is 0 Å². The first kappa shape index (κ1) is 14.7. The zero-order valence-corrected chi connectivity index (χ0v) is 10.5. The highest BCUT2D eigenvalue weighted by Gasteiger charge is 2.19. The fourth-order valence-corrected chi connectivity index (χ4v) is 1.90. The lowest BCUT2D eigenvalue weighted by atomic mass is 9.97. The van der Waals surface area contributed by atoms with E-state index in [9.17, 15) is 0 Å². The zero-order chi connectivity index (χ0) is 9.10. The molecule has 1 aliphatic heterocycles. The summed E-state index contributed by atoms with van der Waals surface area (Å²) in [5.74, 6) is 1.78. The molecule has 15 heavy (non-hydrogen) atoms. The van der Waals surface area contributed by atoms with E-state index in [2.05, 4.69) is 27.0 Å². The molecule has 0 spiro atoms. The second-order valence-corrected chi connectivity index (χ2v) is 3.50. The van der Waals surface area contributed by atoms with Crippen molar-refractivity contribution < 1.29 is 0 Å². The summed E-state index contributed by atoms with van der Waals surface area (Å²) in [6, 6.07) is 0. The minimum Gasteiger partial charge on any atom is -0.318 e. The summed E-state index contributed by atoms with van der Waals surface area (Å²) < 4.78 is 2.15. The van der Waals surface area contributed by atoms with E-state index in [4.69, 9.17) is 0 Å². The van der Waals surface area contributed by atoms with Gasteiger partial charge in [0.25, 0.3) is 0 Å². The minimum absolute atomic E-state index is 0. The molecule has 2 rings (SSSR count). The molecular weight excluding hydrogens is 235 g/mol. The smallest absolute Gasteiger partial charge is 0.135 e. The van der Waals surface area contributed by atoms with Crippen molar-refractivity contribution in [3.05, 3.63) is 12.2 Å². The van der Waals surface area contributed by atoms with Crippen LogP contribution in [0.25, 0.3) is 0 Å². The SMILES string of the molecule is CCn1cnnc1C1CCNCC1.Cl.Cl. The molecule has 0 atom stereocenters. The maximum absolute atomic E-state index is 4.20. The standard InChI is InChI=1S/C9H16N4.2ClH/c1-2-13-7-11-12-9(13)8-3-5-10-6-4-8;;/h7-8,10H,2-6H2,1H3;2*1H. The minimum atomic E-state index is 0. The third kappa shape index (κ3) is 3.33. The molecule has 1 saturated heterocycles. The lowest BCUT2D eigenvalue weighted by molar-refractivity contribution is 0.431. The van der Waals surface area contributed by atoms with Crippen molar-refractivity contribution in [2.75, 3.05) is 13.1 Å². The highest BCUT2D eigenvalue weighted by molar-refractivity contribution is 5.85. The number of aryl methyl sites for hydroxylation is 1. The Bertz CT molecular complexity index is 271. The molecule has 0 saturated carbocycles. The van der Waals surface area contributed by atoms with Crippen LogP contribution in [-0.4, -0.2) is 27.9 Å². The summed E-state index contributed by atoms with van der Waals surface area (Å²) in [6.45, 7) is 5.34. The normalized spacial score (nSPS) is 16.6. The maximum Gasteiger partial charge on any atom is 0.135 e. The van der Waals surface area contributed by atoms with Gasteiger partial charge in [0, 0.05) is 12.5 Å². The van der Waals surface area contributed by atoms with Crippen molar-refractivity contribution in [2.24, 2.45) is 0 Å². The molecule has 1 aliphatic rings. The van der Waals surface area contributed by atoms with E-state index < -0.39 is 0 Å². The van der Waals surface area contributed by atoms with Crippen LogP contribution in [0.1, 0.15) is 31.5 Å². The summed E-state index contributed by atoms with van der Waals surface area (Å²) in [4.78, 5) is 0. The Morgan fingerprint density at radius 2 is 2.07 bits per heavy atom. The average molecular weight is 253 g/mol. The number of hydrogen-bond donors (Lipinski definition) is 1. The monoisotopic (exact) mass is 252 g/mol. The molecule has 0 radical (unpaired) electrons. The van der Waals surface area contributed by atoms with Gasteiger partial charge in [-0.2, -0.15) is 0 Å². The third-order valence-corrected chi connectivity index (χ3v) is 2.69. The number of rotatable bonds is 2. The molecule has 6 heteroatoms. The molecule has 88 valence electrons. The molecule has 0 aromatic carbocycles. The second-order valence-electron chi connectivity index (χ2n) is 3.50. The van der Waals surface area contributed by atoms with Crippen molar-refractivity contribution in [3.8, 4) is 0 Å². The predicted molar refractivity (Wildman–Crippen MR) is 65.0 cm³/mol. The highest BCUT2D eigenvalue weighted by atomic mass is 35.5. The van der Waals surface area contributed by atoms with Crippen molar-refractivity contribution in [1.82, 2.24) is 20.1 Å². The van der Waals surface area contributed by atoms with E-state index >= 15 is 0 Å². The molecular formula is C9H18Cl2N4. The first-order chi connectivity index (χ1) is 6.42. The van der Waals surface area contributed by atoms with E-state index in [1.807, 2.05) is 6.33 Å². The van der Waals surface area contributed by atoms with E-state index in [0.29, 0.717) is 5.92 Å². The van der Waals surface area contributed by atoms with Crippen LogP contribution in [0.2, 0.25) is 0 Å². The molecule has 1 aromatic rings. The van der Waals surface area contributed by atoms with Crippen LogP contribution < -0.4 is 5.32 Å². The number of nitrogens with zero attached hydrogens (tertiary/aromatic N) is 3. The second kappa shape index (κ2) is 7.04. The molecule has 0 amide bonds. The Labute approximate surface area is 103 Å². The van der Waals surface area contributed by atoms with Crippen LogP contribution in [0.15, 0.2) is 6.33 Å². The van der Waals surface area contributed by atoms with Crippen LogP contribution in [0, 0.1) is 0 Å².